The predicted octanol–water partition coefficient (Wildman–Crippen LogP) is 5.18. The molecule has 0 spiro atoms. The lowest BCUT2D eigenvalue weighted by molar-refractivity contribution is -0.137. The topological polar surface area (TPSA) is 101 Å². The third kappa shape index (κ3) is 4.51. The Balaban J connectivity index is 1.77. The number of carbonyl (C=O) groups is 1. The van der Waals surface area contributed by atoms with E-state index in [1.54, 1.807) is 12.1 Å². The number of ether oxygens (including phenoxy) is 2. The number of aromatic amines is 1. The van der Waals surface area contributed by atoms with Crippen molar-refractivity contribution in [1.82, 2.24) is 15.0 Å². The highest BCUT2D eigenvalue weighted by Gasteiger charge is 2.36. The maximum absolute atomic E-state index is 13.8. The number of aromatic nitrogens is 3. The third-order valence-corrected chi connectivity index (χ3v) is 5.88. The van der Waals surface area contributed by atoms with Crippen LogP contribution in [0.5, 0.6) is 0 Å². The van der Waals surface area contributed by atoms with Crippen LogP contribution in [-0.4, -0.2) is 47.4 Å². The quantitative estimate of drug-likeness (QED) is 0.444. The largest absolute Gasteiger partial charge is 0.453 e. The number of benzene rings is 1. The number of anilines is 2. The molecule has 3 N–H and O–H groups in total. The second-order valence-corrected chi connectivity index (χ2v) is 7.97. The molecule has 1 atom stereocenters. The number of amides is 1. The van der Waals surface area contributed by atoms with Crippen molar-refractivity contribution in [3.05, 3.63) is 34.6 Å². The standard InChI is InChI=1S/C20H19BrF3N5O3/c1-31-19(30)28-14-5-4-11-12(7-25-17(11)15(14)21)16-13(20(22,23)24)8-26-18(29-16)27-10-3-2-6-32-9-10/h4-5,7-8,10,25H,2-3,6,9H2,1H3,(H,28,30)(H,26,27,29). The first-order valence-corrected chi connectivity index (χ1v) is 10.5. The van der Waals surface area contributed by atoms with Crippen molar-refractivity contribution < 1.29 is 27.4 Å². The Labute approximate surface area is 189 Å². The van der Waals surface area contributed by atoms with Gasteiger partial charge in [0.1, 0.15) is 5.56 Å². The molecule has 1 fully saturated rings. The van der Waals surface area contributed by atoms with Gasteiger partial charge in [-0.05, 0) is 34.8 Å². The number of rotatable bonds is 4. The fourth-order valence-electron chi connectivity index (χ4n) is 3.52. The Morgan fingerprint density at radius 3 is 2.88 bits per heavy atom. The van der Waals surface area contributed by atoms with Crippen LogP contribution in [0.15, 0.2) is 29.0 Å². The molecule has 0 aliphatic carbocycles. The average molecular weight is 514 g/mol. The maximum Gasteiger partial charge on any atom is 0.419 e. The molecule has 12 heteroatoms. The third-order valence-electron chi connectivity index (χ3n) is 5.06. The van der Waals surface area contributed by atoms with Gasteiger partial charge in [-0.25, -0.2) is 14.8 Å². The van der Waals surface area contributed by atoms with E-state index in [9.17, 15) is 18.0 Å². The van der Waals surface area contributed by atoms with Crippen molar-refractivity contribution in [1.29, 1.82) is 0 Å². The number of nitrogens with one attached hydrogen (secondary N) is 3. The van der Waals surface area contributed by atoms with Crippen molar-refractivity contribution in [2.24, 2.45) is 0 Å². The fraction of sp³-hybridized carbons (Fsp3) is 0.350. The van der Waals surface area contributed by atoms with Gasteiger partial charge >= 0.3 is 12.3 Å². The minimum atomic E-state index is -4.64. The number of hydrogen-bond donors (Lipinski definition) is 3. The zero-order valence-electron chi connectivity index (χ0n) is 16.8. The molecule has 3 heterocycles. The van der Waals surface area contributed by atoms with Crippen LogP contribution in [0.1, 0.15) is 18.4 Å². The maximum atomic E-state index is 13.8. The molecule has 1 aliphatic heterocycles. The molecule has 32 heavy (non-hydrogen) atoms. The highest BCUT2D eigenvalue weighted by atomic mass is 79.9. The monoisotopic (exact) mass is 513 g/mol. The number of methoxy groups -OCH3 is 1. The van der Waals surface area contributed by atoms with Crippen LogP contribution in [0, 0.1) is 0 Å². The zero-order valence-corrected chi connectivity index (χ0v) is 18.4. The minimum Gasteiger partial charge on any atom is -0.453 e. The van der Waals surface area contributed by atoms with Crippen LogP contribution < -0.4 is 10.6 Å². The first-order valence-electron chi connectivity index (χ1n) is 9.71. The van der Waals surface area contributed by atoms with Crippen LogP contribution in [0.4, 0.5) is 29.6 Å². The Hall–Kier alpha value is -2.86. The summed E-state index contributed by atoms with van der Waals surface area (Å²) < 4.78 is 51.7. The van der Waals surface area contributed by atoms with Gasteiger partial charge in [-0.15, -0.1) is 0 Å². The average Bonchev–Trinajstić information content (AvgIpc) is 3.20. The van der Waals surface area contributed by atoms with Gasteiger partial charge in [-0.2, -0.15) is 13.2 Å². The number of carbonyl (C=O) groups excluding carboxylic acids is 1. The molecular formula is C20H19BrF3N5O3. The van der Waals surface area contributed by atoms with E-state index in [1.165, 1.54) is 13.3 Å². The number of fused-ring (bicyclic) bond motifs is 1. The first-order chi connectivity index (χ1) is 15.3. The number of H-pyrrole nitrogens is 1. The first kappa shape index (κ1) is 22.3. The van der Waals surface area contributed by atoms with E-state index in [-0.39, 0.29) is 23.2 Å². The molecule has 0 bridgehead atoms. The van der Waals surface area contributed by atoms with Crippen molar-refractivity contribution in [2.45, 2.75) is 25.1 Å². The van der Waals surface area contributed by atoms with E-state index in [1.807, 2.05) is 0 Å². The summed E-state index contributed by atoms with van der Waals surface area (Å²) in [6.45, 7) is 1.10. The predicted molar refractivity (Wildman–Crippen MR) is 116 cm³/mol. The molecule has 170 valence electrons. The van der Waals surface area contributed by atoms with Crippen molar-refractivity contribution in [3.8, 4) is 11.3 Å². The van der Waals surface area contributed by atoms with Gasteiger partial charge in [0.05, 0.1) is 41.1 Å². The Kier molecular flexibility index (Phi) is 6.24. The number of alkyl halides is 3. The molecule has 2 aromatic heterocycles. The molecule has 1 aromatic carbocycles. The van der Waals surface area contributed by atoms with E-state index in [2.05, 4.69) is 46.3 Å². The van der Waals surface area contributed by atoms with E-state index >= 15 is 0 Å². The van der Waals surface area contributed by atoms with Crippen LogP contribution in [-0.2, 0) is 15.7 Å². The Bertz CT molecular complexity index is 1150. The normalized spacial score (nSPS) is 16.7. The van der Waals surface area contributed by atoms with Gasteiger partial charge in [0.2, 0.25) is 5.95 Å². The van der Waals surface area contributed by atoms with Crippen LogP contribution >= 0.6 is 15.9 Å². The van der Waals surface area contributed by atoms with Crippen molar-refractivity contribution >= 4 is 44.6 Å². The molecule has 1 unspecified atom stereocenters. The lowest BCUT2D eigenvalue weighted by Crippen LogP contribution is -2.31. The fourth-order valence-corrected chi connectivity index (χ4v) is 4.08. The molecule has 0 saturated carbocycles. The summed E-state index contributed by atoms with van der Waals surface area (Å²) in [6, 6.07) is 3.09. The van der Waals surface area contributed by atoms with E-state index in [0.29, 0.717) is 34.3 Å². The lowest BCUT2D eigenvalue weighted by Gasteiger charge is -2.23. The van der Waals surface area contributed by atoms with Gasteiger partial charge in [0, 0.05) is 30.0 Å². The zero-order chi connectivity index (χ0) is 22.9. The summed E-state index contributed by atoms with van der Waals surface area (Å²) in [5, 5.41) is 6.09. The summed E-state index contributed by atoms with van der Waals surface area (Å²) in [5.74, 6) is 0.0980. The van der Waals surface area contributed by atoms with E-state index < -0.39 is 17.8 Å². The Morgan fingerprint density at radius 2 is 2.19 bits per heavy atom. The van der Waals surface area contributed by atoms with Crippen molar-refractivity contribution in [3.63, 3.8) is 0 Å². The molecular weight excluding hydrogens is 495 g/mol. The van der Waals surface area contributed by atoms with Gasteiger partial charge < -0.3 is 19.8 Å². The molecule has 1 aliphatic rings. The number of hydrogen-bond acceptors (Lipinski definition) is 6. The molecule has 3 aromatic rings. The molecule has 4 rings (SSSR count). The highest BCUT2D eigenvalue weighted by Crippen LogP contribution is 2.41. The second-order valence-electron chi connectivity index (χ2n) is 7.18. The molecule has 1 amide bonds. The molecule has 8 nitrogen and oxygen atoms in total. The highest BCUT2D eigenvalue weighted by molar-refractivity contribution is 9.10. The van der Waals surface area contributed by atoms with E-state index in [4.69, 9.17) is 4.74 Å². The molecule has 0 radical (unpaired) electrons. The minimum absolute atomic E-state index is 0.0718. The summed E-state index contributed by atoms with van der Waals surface area (Å²) in [4.78, 5) is 22.6. The summed E-state index contributed by atoms with van der Waals surface area (Å²) in [6.07, 6.45) is -1.42. The van der Waals surface area contributed by atoms with Gasteiger partial charge in [0.25, 0.3) is 0 Å². The van der Waals surface area contributed by atoms with Crippen LogP contribution in [0.25, 0.3) is 22.2 Å². The summed E-state index contributed by atoms with van der Waals surface area (Å²) in [5.41, 5.74) is -0.0507. The number of nitrogens with zero attached hydrogens (tertiary/aromatic N) is 2. The SMILES string of the molecule is COC(=O)Nc1ccc2c(-c3nc(NC4CCCOC4)ncc3C(F)(F)F)c[nH]c2c1Br. The smallest absolute Gasteiger partial charge is 0.419 e. The summed E-state index contributed by atoms with van der Waals surface area (Å²) in [7, 11) is 1.23. The van der Waals surface area contributed by atoms with Gasteiger partial charge in [-0.1, -0.05) is 6.07 Å². The van der Waals surface area contributed by atoms with Crippen molar-refractivity contribution in [2.75, 3.05) is 31.0 Å². The summed E-state index contributed by atoms with van der Waals surface area (Å²) >= 11 is 3.38. The number of halogens is 4. The Morgan fingerprint density at radius 1 is 1.38 bits per heavy atom. The van der Waals surface area contributed by atoms with E-state index in [0.717, 1.165) is 19.0 Å². The molecule has 1 saturated heterocycles. The van der Waals surface area contributed by atoms with Gasteiger partial charge in [0.15, 0.2) is 0 Å². The lowest BCUT2D eigenvalue weighted by atomic mass is 10.1. The second kappa shape index (κ2) is 8.94. The van der Waals surface area contributed by atoms with Gasteiger partial charge in [-0.3, -0.25) is 5.32 Å². The van der Waals surface area contributed by atoms with Crippen LogP contribution in [0.2, 0.25) is 0 Å². The van der Waals surface area contributed by atoms with Crippen LogP contribution in [0.3, 0.4) is 0 Å².